The molecule has 3 heteroatoms. The molecule has 4 saturated carbocycles. The molecule has 138 valence electrons. The van der Waals surface area contributed by atoms with Crippen LogP contribution in [-0.2, 0) is 9.53 Å². The number of nitrogens with zero attached hydrogens (tertiary/aromatic N) is 1. The highest BCUT2D eigenvalue weighted by Crippen LogP contribution is 2.74. The molecule has 3 nitrogen and oxygen atoms in total. The van der Waals surface area contributed by atoms with Gasteiger partial charge in [0.2, 0.25) is 0 Å². The van der Waals surface area contributed by atoms with Gasteiger partial charge in [0.05, 0.1) is 6.61 Å². The van der Waals surface area contributed by atoms with Crippen LogP contribution >= 0.6 is 0 Å². The molecule has 6 fully saturated rings. The summed E-state index contributed by atoms with van der Waals surface area (Å²) < 4.78 is 6.48. The number of ether oxygens (including phenoxy) is 1. The Morgan fingerprint density at radius 1 is 1.12 bits per heavy atom. The van der Waals surface area contributed by atoms with Crippen molar-refractivity contribution in [2.75, 3.05) is 19.7 Å². The van der Waals surface area contributed by atoms with Gasteiger partial charge in [0.15, 0.2) is 0 Å². The van der Waals surface area contributed by atoms with Crippen LogP contribution in [0.25, 0.3) is 0 Å². The minimum atomic E-state index is 0.0199. The number of fused-ring (bicyclic) bond motifs is 2. The van der Waals surface area contributed by atoms with Crippen LogP contribution in [-0.4, -0.2) is 36.6 Å². The van der Waals surface area contributed by atoms with Crippen molar-refractivity contribution in [3.8, 4) is 0 Å². The standard InChI is InChI=1S/C22H33NO2/c1-14-15-4-5-17-21(12-15,18(14)24)9-6-16-20(2)7-3-8-22(16,17)19-23(13-20)10-11-25-19/h14-17,19H,3-13H2,1-2H3/t14-,15-,16-,17-,19?,20+,21-,22+/m1/s1. The molecule has 1 spiro atoms. The van der Waals surface area contributed by atoms with Gasteiger partial charge < -0.3 is 4.74 Å². The van der Waals surface area contributed by atoms with Crippen LogP contribution in [0.15, 0.2) is 0 Å². The number of carbonyl (C=O) groups excluding carboxylic acids is 1. The van der Waals surface area contributed by atoms with Gasteiger partial charge in [-0.1, -0.05) is 20.3 Å². The van der Waals surface area contributed by atoms with E-state index in [9.17, 15) is 4.79 Å². The largest absolute Gasteiger partial charge is 0.361 e. The minimum Gasteiger partial charge on any atom is -0.361 e. The fourth-order valence-corrected chi connectivity index (χ4v) is 9.43. The molecule has 1 unspecified atom stereocenters. The van der Waals surface area contributed by atoms with Gasteiger partial charge in [-0.2, -0.15) is 0 Å². The summed E-state index contributed by atoms with van der Waals surface area (Å²) in [4.78, 5) is 16.2. The molecule has 25 heavy (non-hydrogen) atoms. The quantitative estimate of drug-likeness (QED) is 0.669. The molecule has 8 atom stereocenters. The third-order valence-electron chi connectivity index (χ3n) is 10.1. The van der Waals surface area contributed by atoms with E-state index in [2.05, 4.69) is 18.7 Å². The molecule has 4 bridgehead atoms. The second-order valence-electron chi connectivity index (χ2n) is 10.8. The van der Waals surface area contributed by atoms with Gasteiger partial charge in [0, 0.05) is 29.8 Å². The number of Topliss-reactive ketones (excluding diaryl/α,β-unsaturated/α-hetero) is 1. The van der Waals surface area contributed by atoms with Gasteiger partial charge in [0.1, 0.15) is 12.0 Å². The normalized spacial score (nSPS) is 60.1. The highest BCUT2D eigenvalue weighted by atomic mass is 16.5. The Bertz CT molecular complexity index is 634. The maximum absolute atomic E-state index is 13.5. The van der Waals surface area contributed by atoms with Crippen molar-refractivity contribution in [2.45, 2.75) is 71.4 Å². The number of hydrogen-bond acceptors (Lipinski definition) is 3. The van der Waals surface area contributed by atoms with E-state index >= 15 is 0 Å². The van der Waals surface area contributed by atoms with Gasteiger partial charge in [0.25, 0.3) is 0 Å². The predicted molar refractivity (Wildman–Crippen MR) is 95.9 cm³/mol. The first-order chi connectivity index (χ1) is 12.0. The maximum atomic E-state index is 13.5. The molecule has 6 rings (SSSR count). The average Bonchev–Trinajstić information content (AvgIpc) is 3.12. The monoisotopic (exact) mass is 343 g/mol. The van der Waals surface area contributed by atoms with Crippen molar-refractivity contribution in [2.24, 2.45) is 39.9 Å². The lowest BCUT2D eigenvalue weighted by molar-refractivity contribution is -0.265. The predicted octanol–water partition coefficient (Wildman–Crippen LogP) is 3.87. The van der Waals surface area contributed by atoms with Gasteiger partial charge in [-0.3, -0.25) is 9.69 Å². The first kappa shape index (κ1) is 15.6. The first-order valence-electron chi connectivity index (χ1n) is 10.9. The van der Waals surface area contributed by atoms with Crippen LogP contribution in [0, 0.1) is 39.9 Å². The van der Waals surface area contributed by atoms with Crippen molar-refractivity contribution in [1.29, 1.82) is 0 Å². The Hall–Kier alpha value is -0.410. The highest BCUT2D eigenvalue weighted by molar-refractivity contribution is 5.90. The lowest BCUT2D eigenvalue weighted by Gasteiger charge is -2.70. The van der Waals surface area contributed by atoms with Crippen molar-refractivity contribution >= 4 is 5.78 Å². The molecule has 0 aromatic rings. The Labute approximate surface area is 151 Å². The SMILES string of the molecule is C[C@H]1C(=O)[C@@]23CC[C@@H]4[C@@]5(C)CCC[C@@]4(C4OCCN4C5)[C@@H]2CC[C@@H]1C3. The Kier molecular flexibility index (Phi) is 2.94. The molecule has 0 N–H and O–H groups in total. The number of rotatable bonds is 0. The van der Waals surface area contributed by atoms with Crippen LogP contribution in [0.2, 0.25) is 0 Å². The Morgan fingerprint density at radius 3 is 2.88 bits per heavy atom. The van der Waals surface area contributed by atoms with E-state index in [0.717, 1.165) is 19.1 Å². The van der Waals surface area contributed by atoms with Crippen LogP contribution in [0.5, 0.6) is 0 Å². The lowest BCUT2D eigenvalue weighted by atomic mass is 9.38. The zero-order valence-corrected chi connectivity index (χ0v) is 15.9. The van der Waals surface area contributed by atoms with Crippen LogP contribution in [0.4, 0.5) is 0 Å². The van der Waals surface area contributed by atoms with Crippen molar-refractivity contribution in [1.82, 2.24) is 4.90 Å². The van der Waals surface area contributed by atoms with Crippen LogP contribution in [0.3, 0.4) is 0 Å². The number of piperidine rings is 1. The van der Waals surface area contributed by atoms with E-state index in [1.807, 2.05) is 0 Å². The summed E-state index contributed by atoms with van der Waals surface area (Å²) in [6.07, 6.45) is 10.6. The van der Waals surface area contributed by atoms with E-state index in [-0.39, 0.29) is 10.8 Å². The van der Waals surface area contributed by atoms with Gasteiger partial charge in [-0.25, -0.2) is 0 Å². The van der Waals surface area contributed by atoms with Gasteiger partial charge in [-0.05, 0) is 68.1 Å². The fourth-order valence-electron chi connectivity index (χ4n) is 9.43. The molecule has 2 saturated heterocycles. The lowest BCUT2D eigenvalue weighted by Crippen LogP contribution is -2.71. The average molecular weight is 344 g/mol. The summed E-state index contributed by atoms with van der Waals surface area (Å²) in [5, 5.41) is 0. The van der Waals surface area contributed by atoms with E-state index < -0.39 is 0 Å². The van der Waals surface area contributed by atoms with Crippen LogP contribution < -0.4 is 0 Å². The van der Waals surface area contributed by atoms with Crippen molar-refractivity contribution in [3.63, 3.8) is 0 Å². The number of ketones is 1. The first-order valence-corrected chi connectivity index (χ1v) is 10.9. The zero-order valence-electron chi connectivity index (χ0n) is 15.9. The summed E-state index contributed by atoms with van der Waals surface area (Å²) in [5.41, 5.74) is 0.741. The van der Waals surface area contributed by atoms with E-state index in [0.29, 0.717) is 35.2 Å². The summed E-state index contributed by atoms with van der Waals surface area (Å²) >= 11 is 0. The molecule has 0 aromatic carbocycles. The summed E-state index contributed by atoms with van der Waals surface area (Å²) in [6, 6.07) is 0. The van der Waals surface area contributed by atoms with Crippen molar-refractivity contribution < 1.29 is 9.53 Å². The molecule has 2 heterocycles. The Morgan fingerprint density at radius 2 is 2.00 bits per heavy atom. The second kappa shape index (κ2) is 4.70. The summed E-state index contributed by atoms with van der Waals surface area (Å²) in [6.45, 7) is 8.06. The van der Waals surface area contributed by atoms with Gasteiger partial charge >= 0.3 is 0 Å². The number of hydrogen-bond donors (Lipinski definition) is 0. The second-order valence-corrected chi connectivity index (χ2v) is 10.8. The molecule has 2 aliphatic heterocycles. The molecule has 4 aliphatic carbocycles. The third kappa shape index (κ3) is 1.61. The smallest absolute Gasteiger partial charge is 0.142 e. The molecule has 0 amide bonds. The van der Waals surface area contributed by atoms with E-state index in [4.69, 9.17) is 4.74 Å². The fraction of sp³-hybridized carbons (Fsp3) is 0.955. The Balaban J connectivity index is 1.53. The van der Waals surface area contributed by atoms with E-state index in [1.54, 1.807) is 0 Å². The molecule has 0 aromatic heterocycles. The third-order valence-corrected chi connectivity index (χ3v) is 10.1. The number of carbonyl (C=O) groups is 1. The molecular formula is C22H33NO2. The zero-order chi connectivity index (χ0) is 17.0. The van der Waals surface area contributed by atoms with Crippen LogP contribution in [0.1, 0.15) is 65.2 Å². The van der Waals surface area contributed by atoms with E-state index in [1.165, 1.54) is 57.9 Å². The van der Waals surface area contributed by atoms with Gasteiger partial charge in [-0.15, -0.1) is 0 Å². The van der Waals surface area contributed by atoms with Crippen molar-refractivity contribution in [3.05, 3.63) is 0 Å². The topological polar surface area (TPSA) is 29.5 Å². The molecular weight excluding hydrogens is 310 g/mol. The molecule has 0 radical (unpaired) electrons. The summed E-state index contributed by atoms with van der Waals surface area (Å²) in [5.74, 6) is 3.02. The maximum Gasteiger partial charge on any atom is 0.142 e. The highest BCUT2D eigenvalue weighted by Gasteiger charge is 2.73. The minimum absolute atomic E-state index is 0.0199. The summed E-state index contributed by atoms with van der Waals surface area (Å²) in [7, 11) is 0. The molecule has 6 aliphatic rings.